The van der Waals surface area contributed by atoms with Crippen LogP contribution in [0, 0.1) is 12.8 Å². The Kier molecular flexibility index (Phi) is 3.96. The van der Waals surface area contributed by atoms with E-state index in [1.165, 1.54) is 11.1 Å². The molecule has 2 heterocycles. The first-order chi connectivity index (χ1) is 11.7. The van der Waals surface area contributed by atoms with Gasteiger partial charge in [-0.05, 0) is 24.6 Å². The molecule has 4 rings (SSSR count). The second kappa shape index (κ2) is 6.26. The predicted octanol–water partition coefficient (Wildman–Crippen LogP) is 2.76. The zero-order valence-electron chi connectivity index (χ0n) is 14.1. The van der Waals surface area contributed by atoms with Gasteiger partial charge < -0.3 is 9.88 Å². The zero-order valence-corrected chi connectivity index (χ0v) is 14.1. The van der Waals surface area contributed by atoms with Gasteiger partial charge >= 0.3 is 0 Å². The van der Waals surface area contributed by atoms with E-state index in [2.05, 4.69) is 65.0 Å². The van der Waals surface area contributed by atoms with E-state index in [0.29, 0.717) is 12.0 Å². The highest BCUT2D eigenvalue weighted by molar-refractivity contribution is 5.78. The maximum atomic E-state index is 4.69. The Hall–Kier alpha value is -2.37. The van der Waals surface area contributed by atoms with Crippen molar-refractivity contribution in [2.75, 3.05) is 18.4 Å². The third kappa shape index (κ3) is 2.77. The molecule has 0 amide bonds. The highest BCUT2D eigenvalue weighted by atomic mass is 15.4. The molecule has 0 saturated carbocycles. The highest BCUT2D eigenvalue weighted by Gasteiger charge is 2.28. The van der Waals surface area contributed by atoms with Crippen molar-refractivity contribution in [1.82, 2.24) is 20.4 Å². The Morgan fingerprint density at radius 2 is 1.96 bits per heavy atom. The largest absolute Gasteiger partial charge is 0.355 e. The van der Waals surface area contributed by atoms with Gasteiger partial charge in [0, 0.05) is 26.1 Å². The van der Waals surface area contributed by atoms with Crippen LogP contribution < -0.4 is 16.2 Å². The summed E-state index contributed by atoms with van der Waals surface area (Å²) in [5.74, 6) is 1.39. The Morgan fingerprint density at radius 3 is 2.75 bits per heavy atom. The molecule has 0 aliphatic carbocycles. The van der Waals surface area contributed by atoms with E-state index >= 15 is 0 Å². The second-order valence-corrected chi connectivity index (χ2v) is 6.54. The molecule has 0 spiro atoms. The number of nitrogens with one attached hydrogen (secondary N) is 3. The third-order valence-corrected chi connectivity index (χ3v) is 4.84. The van der Waals surface area contributed by atoms with Crippen molar-refractivity contribution in [1.29, 1.82) is 0 Å². The van der Waals surface area contributed by atoms with Crippen molar-refractivity contribution in [3.63, 3.8) is 0 Å². The standard InChI is InChI=1S/C19H23N5/c1-13-7-9-14(10-8-13)18-15(12-21-23-18)11-20-19-22-16-5-3-4-6-17(16)24(19)2/h3-10,15,18,21,23H,11-12H2,1-2H3,(H,20,22). The first-order valence-corrected chi connectivity index (χ1v) is 8.42. The average molecular weight is 321 g/mol. The van der Waals surface area contributed by atoms with Crippen molar-refractivity contribution < 1.29 is 0 Å². The molecular formula is C19H23N5. The van der Waals surface area contributed by atoms with E-state index in [-0.39, 0.29) is 0 Å². The summed E-state index contributed by atoms with van der Waals surface area (Å²) in [6.07, 6.45) is 0. The normalized spacial score (nSPS) is 20.6. The minimum Gasteiger partial charge on any atom is -0.355 e. The SMILES string of the molecule is Cc1ccc(C2NNCC2CNc2nc3ccccc3n2C)cc1. The number of rotatable bonds is 4. The molecule has 3 aromatic rings. The van der Waals surface area contributed by atoms with E-state index in [4.69, 9.17) is 4.98 Å². The average Bonchev–Trinajstić information content (AvgIpc) is 3.19. The van der Waals surface area contributed by atoms with Gasteiger partial charge in [-0.25, -0.2) is 10.4 Å². The predicted molar refractivity (Wildman–Crippen MR) is 97.8 cm³/mol. The Balaban J connectivity index is 1.49. The number of fused-ring (bicyclic) bond motifs is 1. The maximum absolute atomic E-state index is 4.69. The van der Waals surface area contributed by atoms with Gasteiger partial charge in [-0.15, -0.1) is 0 Å². The van der Waals surface area contributed by atoms with E-state index in [1.54, 1.807) is 0 Å². The number of imidazole rings is 1. The monoisotopic (exact) mass is 321 g/mol. The maximum Gasteiger partial charge on any atom is 0.203 e. The van der Waals surface area contributed by atoms with Crippen LogP contribution in [-0.2, 0) is 7.05 Å². The molecule has 5 heteroatoms. The van der Waals surface area contributed by atoms with Crippen molar-refractivity contribution in [2.24, 2.45) is 13.0 Å². The van der Waals surface area contributed by atoms with Gasteiger partial charge in [-0.3, -0.25) is 5.43 Å². The van der Waals surface area contributed by atoms with Crippen molar-refractivity contribution >= 4 is 17.0 Å². The van der Waals surface area contributed by atoms with Gasteiger partial charge in [0.15, 0.2) is 0 Å². The molecular weight excluding hydrogens is 298 g/mol. The van der Waals surface area contributed by atoms with Crippen LogP contribution in [0.15, 0.2) is 48.5 Å². The van der Waals surface area contributed by atoms with E-state index in [9.17, 15) is 0 Å². The fraction of sp³-hybridized carbons (Fsp3) is 0.316. The topological polar surface area (TPSA) is 53.9 Å². The molecule has 1 saturated heterocycles. The molecule has 3 N–H and O–H groups in total. The summed E-state index contributed by atoms with van der Waals surface area (Å²) in [5.41, 5.74) is 11.5. The quantitative estimate of drug-likeness (QED) is 0.692. The summed E-state index contributed by atoms with van der Waals surface area (Å²) in [7, 11) is 2.06. The number of hydrazine groups is 1. The van der Waals surface area contributed by atoms with E-state index < -0.39 is 0 Å². The lowest BCUT2D eigenvalue weighted by molar-refractivity contribution is 0.491. The lowest BCUT2D eigenvalue weighted by Gasteiger charge is -2.19. The molecule has 2 aromatic carbocycles. The number of hydrogen-bond acceptors (Lipinski definition) is 4. The van der Waals surface area contributed by atoms with Crippen LogP contribution in [0.4, 0.5) is 5.95 Å². The fourth-order valence-electron chi connectivity index (χ4n) is 3.38. The van der Waals surface area contributed by atoms with Gasteiger partial charge in [-0.1, -0.05) is 42.0 Å². The number of benzene rings is 2. The molecule has 2 unspecified atom stereocenters. The first-order valence-electron chi connectivity index (χ1n) is 8.42. The van der Waals surface area contributed by atoms with E-state index in [1.807, 2.05) is 18.2 Å². The molecule has 1 aliphatic heterocycles. The summed E-state index contributed by atoms with van der Waals surface area (Å²) in [6.45, 7) is 3.93. The molecule has 24 heavy (non-hydrogen) atoms. The van der Waals surface area contributed by atoms with Crippen LogP contribution in [0.1, 0.15) is 17.2 Å². The second-order valence-electron chi connectivity index (χ2n) is 6.54. The van der Waals surface area contributed by atoms with Crippen LogP contribution in [0.25, 0.3) is 11.0 Å². The van der Waals surface area contributed by atoms with Crippen LogP contribution >= 0.6 is 0 Å². The molecule has 1 fully saturated rings. The Labute approximate surface area is 142 Å². The highest BCUT2D eigenvalue weighted by Crippen LogP contribution is 2.26. The van der Waals surface area contributed by atoms with E-state index in [0.717, 1.165) is 30.1 Å². The smallest absolute Gasteiger partial charge is 0.203 e. The van der Waals surface area contributed by atoms with Crippen LogP contribution in [0.3, 0.4) is 0 Å². The lowest BCUT2D eigenvalue weighted by atomic mass is 9.94. The number of aryl methyl sites for hydroxylation is 2. The molecule has 2 atom stereocenters. The van der Waals surface area contributed by atoms with Crippen molar-refractivity contribution in [3.05, 3.63) is 59.7 Å². The van der Waals surface area contributed by atoms with Gasteiger partial charge in [-0.2, -0.15) is 0 Å². The molecule has 1 aliphatic rings. The minimum absolute atomic E-state index is 0.313. The summed E-state index contributed by atoms with van der Waals surface area (Å²) in [4.78, 5) is 4.69. The summed E-state index contributed by atoms with van der Waals surface area (Å²) < 4.78 is 2.12. The molecule has 0 radical (unpaired) electrons. The summed E-state index contributed by atoms with van der Waals surface area (Å²) in [5, 5.41) is 3.53. The number of nitrogens with zero attached hydrogens (tertiary/aromatic N) is 2. The third-order valence-electron chi connectivity index (χ3n) is 4.84. The Bertz CT molecular complexity index is 837. The number of hydrogen-bond donors (Lipinski definition) is 3. The first kappa shape index (κ1) is 15.2. The summed E-state index contributed by atoms with van der Waals surface area (Å²) >= 11 is 0. The Morgan fingerprint density at radius 1 is 1.17 bits per heavy atom. The van der Waals surface area contributed by atoms with Crippen LogP contribution in [0.5, 0.6) is 0 Å². The van der Waals surface area contributed by atoms with Gasteiger partial charge in [0.05, 0.1) is 17.1 Å². The van der Waals surface area contributed by atoms with Gasteiger partial charge in [0.25, 0.3) is 0 Å². The molecule has 5 nitrogen and oxygen atoms in total. The zero-order chi connectivity index (χ0) is 16.5. The number of para-hydroxylation sites is 2. The van der Waals surface area contributed by atoms with Gasteiger partial charge in [0.2, 0.25) is 5.95 Å². The number of aromatic nitrogens is 2. The summed E-state index contributed by atoms with van der Waals surface area (Å²) in [6, 6.07) is 17.3. The van der Waals surface area contributed by atoms with Crippen molar-refractivity contribution in [2.45, 2.75) is 13.0 Å². The van der Waals surface area contributed by atoms with Crippen LogP contribution in [0.2, 0.25) is 0 Å². The van der Waals surface area contributed by atoms with Gasteiger partial charge in [0.1, 0.15) is 0 Å². The lowest BCUT2D eigenvalue weighted by Crippen LogP contribution is -2.26. The number of anilines is 1. The molecule has 0 bridgehead atoms. The molecule has 1 aromatic heterocycles. The van der Waals surface area contributed by atoms with Crippen LogP contribution in [-0.4, -0.2) is 22.6 Å². The van der Waals surface area contributed by atoms with Crippen molar-refractivity contribution in [3.8, 4) is 0 Å². The minimum atomic E-state index is 0.313. The fourth-order valence-corrected chi connectivity index (χ4v) is 3.38. The molecule has 124 valence electrons.